The summed E-state index contributed by atoms with van der Waals surface area (Å²) in [7, 11) is 3.65. The maximum Gasteiger partial charge on any atom is 0.304 e. The Morgan fingerprint density at radius 3 is 2.46 bits per heavy atom. The maximum absolute atomic E-state index is 13.2. The van der Waals surface area contributed by atoms with Crippen molar-refractivity contribution < 1.29 is 24.2 Å². The van der Waals surface area contributed by atoms with Gasteiger partial charge in [-0.25, -0.2) is 4.98 Å². The van der Waals surface area contributed by atoms with E-state index in [4.69, 9.17) is 9.72 Å². The van der Waals surface area contributed by atoms with Gasteiger partial charge < -0.3 is 19.6 Å². The number of thiazole rings is 1. The van der Waals surface area contributed by atoms with Gasteiger partial charge in [0.25, 0.3) is 5.91 Å². The fraction of sp³-hybridized carbons (Fsp3) is 0.387. The highest BCUT2D eigenvalue weighted by Crippen LogP contribution is 2.40. The van der Waals surface area contributed by atoms with Crippen molar-refractivity contribution in [3.63, 3.8) is 0 Å². The summed E-state index contributed by atoms with van der Waals surface area (Å²) in [6.07, 6.45) is 2.44. The summed E-state index contributed by atoms with van der Waals surface area (Å²) >= 11 is 1.49. The van der Waals surface area contributed by atoms with Gasteiger partial charge >= 0.3 is 5.97 Å². The normalized spacial score (nSPS) is 16.6. The predicted molar refractivity (Wildman–Crippen MR) is 158 cm³/mol. The second kappa shape index (κ2) is 12.3. The lowest BCUT2D eigenvalue weighted by molar-refractivity contribution is -0.142. The van der Waals surface area contributed by atoms with Crippen molar-refractivity contribution >= 4 is 35.2 Å². The van der Waals surface area contributed by atoms with Crippen LogP contribution in [0, 0.1) is 5.41 Å². The first-order valence-corrected chi connectivity index (χ1v) is 14.6. The molecule has 1 N–H and O–H groups in total. The van der Waals surface area contributed by atoms with E-state index in [0.717, 1.165) is 40.5 Å². The number of ether oxygens (including phenoxy) is 1. The summed E-state index contributed by atoms with van der Waals surface area (Å²) in [5.41, 5.74) is 3.14. The maximum atomic E-state index is 13.2. The largest absolute Gasteiger partial charge is 0.496 e. The van der Waals surface area contributed by atoms with E-state index in [1.807, 2.05) is 46.7 Å². The van der Waals surface area contributed by atoms with E-state index in [-0.39, 0.29) is 18.1 Å². The molecule has 1 aliphatic carbocycles. The monoisotopic (exact) mass is 574 g/mol. The van der Waals surface area contributed by atoms with Crippen LogP contribution in [-0.4, -0.2) is 90.6 Å². The number of Topliss-reactive ketones (excluding diaryl/α,β-unsaturated/α-hetero) is 1. The summed E-state index contributed by atoms with van der Waals surface area (Å²) in [6, 6.07) is 13.2. The zero-order valence-corrected chi connectivity index (χ0v) is 24.2. The van der Waals surface area contributed by atoms with Crippen LogP contribution in [-0.2, 0) is 28.9 Å². The van der Waals surface area contributed by atoms with Crippen LogP contribution in [0.3, 0.4) is 0 Å². The van der Waals surface area contributed by atoms with Crippen LogP contribution in [0.2, 0.25) is 0 Å². The molecule has 1 amide bonds. The smallest absolute Gasteiger partial charge is 0.304 e. The van der Waals surface area contributed by atoms with E-state index in [2.05, 4.69) is 16.9 Å². The molecule has 214 valence electrons. The van der Waals surface area contributed by atoms with Gasteiger partial charge in [0.1, 0.15) is 5.75 Å². The Labute approximate surface area is 243 Å². The van der Waals surface area contributed by atoms with Crippen molar-refractivity contribution in [2.24, 2.45) is 10.4 Å². The lowest BCUT2D eigenvalue weighted by atomic mass is 9.77. The molecular weight excluding hydrogens is 540 g/mol. The first-order chi connectivity index (χ1) is 19.8. The van der Waals surface area contributed by atoms with Gasteiger partial charge in [0.15, 0.2) is 5.78 Å². The number of hydrogen-bond acceptors (Lipinski definition) is 8. The molecule has 9 nitrogen and oxygen atoms in total. The molecule has 1 aromatic heterocycles. The molecule has 3 aromatic rings. The third kappa shape index (κ3) is 6.39. The minimum atomic E-state index is -0.990. The van der Waals surface area contributed by atoms with Crippen molar-refractivity contribution in [1.82, 2.24) is 14.8 Å². The van der Waals surface area contributed by atoms with E-state index < -0.39 is 11.4 Å². The Morgan fingerprint density at radius 1 is 1.10 bits per heavy atom. The summed E-state index contributed by atoms with van der Waals surface area (Å²) in [4.78, 5) is 51.1. The topological polar surface area (TPSA) is 112 Å². The van der Waals surface area contributed by atoms with Crippen molar-refractivity contribution in [3.8, 4) is 17.0 Å². The molecule has 1 aliphatic heterocycles. The average Bonchev–Trinajstić information content (AvgIpc) is 3.59. The Bertz CT molecular complexity index is 1450. The van der Waals surface area contributed by atoms with Gasteiger partial charge in [0, 0.05) is 55.7 Å². The van der Waals surface area contributed by atoms with Crippen molar-refractivity contribution in [2.75, 3.05) is 46.9 Å². The van der Waals surface area contributed by atoms with E-state index in [1.165, 1.54) is 17.6 Å². The van der Waals surface area contributed by atoms with E-state index in [1.54, 1.807) is 13.2 Å². The zero-order chi connectivity index (χ0) is 29.0. The number of likely N-dealkylation sites (N-methyl/N-ethyl adjacent to an activating group) is 1. The number of carboxylic acids is 1. The molecule has 2 heterocycles. The van der Waals surface area contributed by atoms with Crippen molar-refractivity contribution in [2.45, 2.75) is 25.7 Å². The first kappa shape index (κ1) is 28.6. The number of aromatic nitrogens is 1. The average molecular weight is 575 g/mol. The van der Waals surface area contributed by atoms with Crippen LogP contribution in [0.1, 0.15) is 32.9 Å². The molecule has 1 fully saturated rings. The molecule has 0 unspecified atom stereocenters. The zero-order valence-electron chi connectivity index (χ0n) is 23.3. The van der Waals surface area contributed by atoms with Crippen molar-refractivity contribution in [3.05, 3.63) is 69.5 Å². The highest BCUT2D eigenvalue weighted by molar-refractivity contribution is 7.09. The number of fused-ring (bicyclic) bond motifs is 1. The summed E-state index contributed by atoms with van der Waals surface area (Å²) in [5.74, 6) is -0.591. The van der Waals surface area contributed by atoms with Gasteiger partial charge in [0.2, 0.25) is 0 Å². The van der Waals surface area contributed by atoms with Crippen molar-refractivity contribution in [1.29, 1.82) is 0 Å². The van der Waals surface area contributed by atoms with Crippen LogP contribution in [0.5, 0.6) is 5.75 Å². The minimum Gasteiger partial charge on any atom is -0.496 e. The molecule has 0 atom stereocenters. The van der Waals surface area contributed by atoms with Crippen LogP contribution in [0.15, 0.2) is 52.8 Å². The Balaban J connectivity index is 1.24. The predicted octanol–water partition coefficient (Wildman–Crippen LogP) is 3.65. The molecule has 5 rings (SSSR count). The molecular formula is C31H34N4O5S. The molecule has 0 radical (unpaired) electrons. The van der Waals surface area contributed by atoms with Gasteiger partial charge in [-0.15, -0.1) is 11.3 Å². The van der Waals surface area contributed by atoms with Gasteiger partial charge in [-0.3, -0.25) is 19.4 Å². The third-order valence-corrected chi connectivity index (χ3v) is 8.82. The number of amides is 1. The molecule has 0 spiro atoms. The molecule has 2 aliphatic rings. The number of nitrogens with zero attached hydrogens (tertiary/aromatic N) is 4. The van der Waals surface area contributed by atoms with Gasteiger partial charge in [-0.2, -0.15) is 0 Å². The van der Waals surface area contributed by atoms with E-state index in [9.17, 15) is 19.5 Å². The highest BCUT2D eigenvalue weighted by atomic mass is 32.1. The molecule has 10 heteroatoms. The summed E-state index contributed by atoms with van der Waals surface area (Å²) < 4.78 is 5.57. The second-order valence-electron chi connectivity index (χ2n) is 10.8. The Morgan fingerprint density at radius 2 is 1.80 bits per heavy atom. The number of aliphatic imine (C=N–C) groups is 1. The molecule has 0 bridgehead atoms. The van der Waals surface area contributed by atoms with Crippen LogP contribution in [0.25, 0.3) is 11.3 Å². The number of ketones is 1. The number of carboxylic acid groups (broad SMARTS) is 1. The number of aliphatic carboxylic acids is 1. The van der Waals surface area contributed by atoms with Crippen LogP contribution >= 0.6 is 11.3 Å². The highest BCUT2D eigenvalue weighted by Gasteiger charge is 2.44. The number of methoxy groups -OCH3 is 1. The number of rotatable bonds is 10. The van der Waals surface area contributed by atoms with Gasteiger partial charge in [-0.05, 0) is 49.2 Å². The van der Waals surface area contributed by atoms with Crippen LogP contribution < -0.4 is 4.74 Å². The van der Waals surface area contributed by atoms with Gasteiger partial charge in [-0.1, -0.05) is 24.3 Å². The lowest BCUT2D eigenvalue weighted by Gasteiger charge is -2.32. The minimum absolute atomic E-state index is 0.00230. The Hall–Kier alpha value is -3.89. The summed E-state index contributed by atoms with van der Waals surface area (Å²) in [5, 5.41) is 12.3. The van der Waals surface area contributed by atoms with E-state index >= 15 is 0 Å². The quantitative estimate of drug-likeness (QED) is 0.368. The summed E-state index contributed by atoms with van der Waals surface area (Å²) in [6.45, 7) is 3.46. The fourth-order valence-corrected chi connectivity index (χ4v) is 6.38. The lowest BCUT2D eigenvalue weighted by Crippen LogP contribution is -2.47. The SMILES string of the molecule is COc1ccc(C(=O)N2CCN(C)CC2)cc1-c1csc(CC/N=C/C(=O)C2(CC(=O)O)Cc3ccccc3C2)n1. The number of carbonyl (C=O) groups is 3. The number of piperazine rings is 1. The fourth-order valence-electron chi connectivity index (χ4n) is 5.60. The number of carbonyl (C=O) groups excluding carboxylic acids is 2. The molecule has 0 saturated carbocycles. The molecule has 41 heavy (non-hydrogen) atoms. The Kier molecular flexibility index (Phi) is 8.60. The van der Waals surface area contributed by atoms with Crippen LogP contribution in [0.4, 0.5) is 0 Å². The number of hydrogen-bond donors (Lipinski definition) is 1. The molecule has 1 saturated heterocycles. The van der Waals surface area contributed by atoms with Gasteiger partial charge in [0.05, 0.1) is 35.9 Å². The second-order valence-corrected chi connectivity index (χ2v) is 11.7. The van der Waals surface area contributed by atoms with E-state index in [0.29, 0.717) is 50.2 Å². The first-order valence-electron chi connectivity index (χ1n) is 13.7. The standard InChI is InChI=1S/C31H34N4O5S/c1-34-11-13-35(14-12-34)30(39)21-7-8-26(40-2)24(15-21)25-20-41-28(33-25)9-10-32-19-27(36)31(18-29(37)38)16-22-5-3-4-6-23(22)17-31/h3-8,15,19-20H,9-14,16-18H2,1-2H3,(H,37,38)/b32-19+. The number of benzene rings is 2. The third-order valence-electron chi connectivity index (χ3n) is 7.92. The molecule has 2 aromatic carbocycles.